The van der Waals surface area contributed by atoms with E-state index in [0.29, 0.717) is 10.9 Å². The number of thiophene rings is 1. The predicted octanol–water partition coefficient (Wildman–Crippen LogP) is 3.07. The Balaban J connectivity index is 1.34. The average Bonchev–Trinajstić information content (AvgIpc) is 3.76. The Labute approximate surface area is 278 Å². The van der Waals surface area contributed by atoms with Crippen LogP contribution < -0.4 is 5.32 Å². The molecule has 6 rings (SSSR count). The molecule has 1 N–H and O–H groups in total. The number of tetrazole rings is 1. The summed E-state index contributed by atoms with van der Waals surface area (Å²) < 4.78 is 18.9. The van der Waals surface area contributed by atoms with Gasteiger partial charge in [0.1, 0.15) is 6.04 Å². The summed E-state index contributed by atoms with van der Waals surface area (Å²) in [6.45, 7) is 0.0495. The Morgan fingerprint density at radius 3 is 2.37 bits per heavy atom. The summed E-state index contributed by atoms with van der Waals surface area (Å²) in [6, 6.07) is 21.5. The van der Waals surface area contributed by atoms with Crippen LogP contribution in [0.15, 0.2) is 83.3 Å². The number of carbonyl (C=O) groups excluding carboxylic acids is 3. The zero-order valence-electron chi connectivity index (χ0n) is 25.3. The summed E-state index contributed by atoms with van der Waals surface area (Å²) in [7, 11) is 3.06. The van der Waals surface area contributed by atoms with Gasteiger partial charge < -0.3 is 19.5 Å². The first-order valence-electron chi connectivity index (χ1n) is 14.4. The Kier molecular flexibility index (Phi) is 9.47. The molecule has 2 aliphatic heterocycles. The number of nitrogens with one attached hydrogen (secondary N) is 1. The predicted molar refractivity (Wildman–Crippen MR) is 173 cm³/mol. The molecule has 0 bridgehead atoms. The van der Waals surface area contributed by atoms with Gasteiger partial charge in [-0.25, -0.2) is 9.48 Å². The number of thioether (sulfide) groups is 2. The molecule has 0 aliphatic carbocycles. The third kappa shape index (κ3) is 5.93. The van der Waals surface area contributed by atoms with Crippen molar-refractivity contribution >= 4 is 52.6 Å². The van der Waals surface area contributed by atoms with E-state index < -0.39 is 46.6 Å². The van der Waals surface area contributed by atoms with E-state index in [1.807, 2.05) is 84.4 Å². The molecular formula is C31H32N6O6S3. The molecular weight excluding hydrogens is 649 g/mol. The number of hydrogen-bond donors (Lipinski definition) is 1. The Bertz CT molecular complexity index is 1640. The number of ether oxygens (including phenoxy) is 3. The highest BCUT2D eigenvalue weighted by Crippen LogP contribution is 2.48. The lowest BCUT2D eigenvalue weighted by atomic mass is 9.87. The summed E-state index contributed by atoms with van der Waals surface area (Å²) in [4.78, 5) is 44.0. The highest BCUT2D eigenvalue weighted by Gasteiger charge is 2.72. The number of β-lactam (4-membered cyclic amide) rings is 1. The van der Waals surface area contributed by atoms with E-state index in [2.05, 4.69) is 20.8 Å². The van der Waals surface area contributed by atoms with Gasteiger partial charge in [-0.15, -0.1) is 16.4 Å². The summed E-state index contributed by atoms with van der Waals surface area (Å²) in [6.07, 6.45) is 0.132. The molecule has 4 heterocycles. The number of aromatic nitrogens is 4. The molecule has 46 heavy (non-hydrogen) atoms. The minimum absolute atomic E-state index is 0.0495. The molecule has 15 heteroatoms. The lowest BCUT2D eigenvalue weighted by molar-refractivity contribution is -0.288. The number of amides is 2. The van der Waals surface area contributed by atoms with Gasteiger partial charge in [-0.3, -0.25) is 14.5 Å². The molecule has 12 nitrogen and oxygen atoms in total. The number of rotatable bonds is 12. The Morgan fingerprint density at radius 2 is 1.80 bits per heavy atom. The molecule has 0 unspecified atom stereocenters. The van der Waals surface area contributed by atoms with Crippen molar-refractivity contribution in [2.24, 2.45) is 7.05 Å². The van der Waals surface area contributed by atoms with Crippen LogP contribution in [0.1, 0.15) is 22.1 Å². The van der Waals surface area contributed by atoms with E-state index in [9.17, 15) is 14.4 Å². The van der Waals surface area contributed by atoms with Crippen LogP contribution in [0, 0.1) is 0 Å². The van der Waals surface area contributed by atoms with E-state index in [4.69, 9.17) is 14.2 Å². The van der Waals surface area contributed by atoms with Crippen LogP contribution in [0.25, 0.3) is 0 Å². The minimum Gasteiger partial charge on any atom is -0.451 e. The Hall–Kier alpha value is -3.76. The second-order valence-corrected chi connectivity index (χ2v) is 14.0. The number of benzene rings is 2. The molecule has 2 amide bonds. The van der Waals surface area contributed by atoms with Crippen molar-refractivity contribution in [3.05, 3.63) is 94.2 Å². The van der Waals surface area contributed by atoms with Crippen LogP contribution in [0.4, 0.5) is 0 Å². The van der Waals surface area contributed by atoms with Crippen molar-refractivity contribution in [2.75, 3.05) is 25.7 Å². The molecule has 2 aliphatic rings. The van der Waals surface area contributed by atoms with Gasteiger partial charge >= 0.3 is 5.97 Å². The molecule has 2 aromatic carbocycles. The highest BCUT2D eigenvalue weighted by molar-refractivity contribution is 8.03. The summed E-state index contributed by atoms with van der Waals surface area (Å²) >= 11 is 4.18. The quantitative estimate of drug-likeness (QED) is 0.102. The maximum Gasteiger partial charge on any atom is 0.331 e. The summed E-state index contributed by atoms with van der Waals surface area (Å²) in [5.74, 6) is -1.30. The number of nitrogens with zero attached hydrogens (tertiary/aromatic N) is 5. The van der Waals surface area contributed by atoms with E-state index in [0.717, 1.165) is 16.0 Å². The van der Waals surface area contributed by atoms with Crippen LogP contribution in [-0.2, 0) is 42.1 Å². The normalized spacial score (nSPS) is 23.9. The number of hydrogen-bond acceptors (Lipinski definition) is 12. The second-order valence-electron chi connectivity index (χ2n) is 10.8. The number of fused-ring (bicyclic) bond motifs is 1. The van der Waals surface area contributed by atoms with Gasteiger partial charge in [-0.1, -0.05) is 78.5 Å². The maximum atomic E-state index is 14.6. The third-order valence-electron chi connectivity index (χ3n) is 8.07. The van der Waals surface area contributed by atoms with E-state index >= 15 is 0 Å². The SMILES string of the molecule is CO[C@@]1(NC(=O)Cc2cccs2)C(=O)N2[C@@H](C(=O)OC(c3ccccc3)c3ccccc3)[C@](CSc3nnnn3C)(SC)CO[C@@H]21. The smallest absolute Gasteiger partial charge is 0.331 e. The minimum atomic E-state index is -1.80. The molecule has 0 saturated carbocycles. The van der Waals surface area contributed by atoms with Crippen molar-refractivity contribution < 1.29 is 28.6 Å². The average molecular weight is 681 g/mol. The van der Waals surface area contributed by atoms with Crippen LogP contribution in [-0.4, -0.2) is 91.4 Å². The lowest BCUT2D eigenvalue weighted by Crippen LogP contribution is -2.88. The lowest BCUT2D eigenvalue weighted by Gasteiger charge is -2.61. The third-order valence-corrected chi connectivity index (χ3v) is 11.7. The molecule has 2 saturated heterocycles. The monoisotopic (exact) mass is 680 g/mol. The molecule has 4 atom stereocenters. The largest absolute Gasteiger partial charge is 0.451 e. The van der Waals surface area contributed by atoms with Crippen molar-refractivity contribution in [1.29, 1.82) is 0 Å². The first-order chi connectivity index (χ1) is 22.3. The number of esters is 1. The molecule has 240 valence electrons. The first-order valence-corrected chi connectivity index (χ1v) is 17.4. The van der Waals surface area contributed by atoms with Gasteiger partial charge in [0, 0.05) is 24.8 Å². The molecule has 2 aromatic heterocycles. The van der Waals surface area contributed by atoms with Crippen LogP contribution >= 0.6 is 34.9 Å². The van der Waals surface area contributed by atoms with Crippen molar-refractivity contribution in [3.8, 4) is 0 Å². The number of aryl methyl sites for hydroxylation is 1. The van der Waals surface area contributed by atoms with Crippen LogP contribution in [0.2, 0.25) is 0 Å². The van der Waals surface area contributed by atoms with E-state index in [1.165, 1.54) is 51.6 Å². The van der Waals surface area contributed by atoms with Crippen molar-refractivity contribution in [2.45, 2.75) is 40.4 Å². The van der Waals surface area contributed by atoms with E-state index in [1.54, 1.807) is 7.05 Å². The second kappa shape index (κ2) is 13.5. The van der Waals surface area contributed by atoms with Gasteiger partial charge in [0.2, 0.25) is 11.1 Å². The van der Waals surface area contributed by atoms with Gasteiger partial charge in [0.15, 0.2) is 12.3 Å². The van der Waals surface area contributed by atoms with Gasteiger partial charge in [-0.05, 0) is 39.3 Å². The van der Waals surface area contributed by atoms with E-state index in [-0.39, 0.29) is 13.0 Å². The van der Waals surface area contributed by atoms with Gasteiger partial charge in [0.05, 0.1) is 17.8 Å². The van der Waals surface area contributed by atoms with Gasteiger partial charge in [0.25, 0.3) is 11.6 Å². The van der Waals surface area contributed by atoms with Crippen molar-refractivity contribution in [3.63, 3.8) is 0 Å². The fourth-order valence-electron chi connectivity index (χ4n) is 5.69. The molecule has 0 spiro atoms. The molecule has 4 aromatic rings. The van der Waals surface area contributed by atoms with Crippen molar-refractivity contribution in [1.82, 2.24) is 30.4 Å². The number of methoxy groups -OCH3 is 1. The number of carbonyl (C=O) groups is 3. The topological polar surface area (TPSA) is 138 Å². The Morgan fingerprint density at radius 1 is 1.11 bits per heavy atom. The molecule has 0 radical (unpaired) electrons. The summed E-state index contributed by atoms with van der Waals surface area (Å²) in [5.41, 5.74) is -0.236. The molecule has 2 fully saturated rings. The van der Waals surface area contributed by atoms with Crippen LogP contribution in [0.3, 0.4) is 0 Å². The fraction of sp³-hybridized carbons (Fsp3) is 0.355. The fourth-order valence-corrected chi connectivity index (χ4v) is 8.59. The van der Waals surface area contributed by atoms with Crippen LogP contribution in [0.5, 0.6) is 0 Å². The zero-order chi connectivity index (χ0) is 32.3. The standard InChI is InChI=1S/C31H32N6O6S3/c1-36-29(33-34-35-36)46-19-30(44-3)18-42-28-31(41-2,32-23(38)17-22-15-10-16-45-22)27(40)37(28)25(30)26(39)43-24(20-11-6-4-7-12-20)21-13-8-5-9-14-21/h4-16,24-25,28H,17-19H2,1-3H3,(H,32,38)/t25-,28+,30-,31-/m0/s1. The highest BCUT2D eigenvalue weighted by atomic mass is 32.2. The summed E-state index contributed by atoms with van der Waals surface area (Å²) in [5, 5.41) is 16.9. The zero-order valence-corrected chi connectivity index (χ0v) is 27.7. The maximum absolute atomic E-state index is 14.6. The van der Waals surface area contributed by atoms with Gasteiger partial charge in [-0.2, -0.15) is 11.8 Å². The first kappa shape index (κ1) is 32.2.